The summed E-state index contributed by atoms with van der Waals surface area (Å²) in [5.41, 5.74) is -0.193. The molecule has 1 rings (SSSR count). The van der Waals surface area contributed by atoms with Crippen molar-refractivity contribution in [3.63, 3.8) is 0 Å². The second-order valence-electron chi connectivity index (χ2n) is 4.89. The molecule has 0 aliphatic heterocycles. The van der Waals surface area contributed by atoms with E-state index >= 15 is 0 Å². The van der Waals surface area contributed by atoms with Crippen LogP contribution in [0.25, 0.3) is 0 Å². The van der Waals surface area contributed by atoms with Gasteiger partial charge >= 0.3 is 0 Å². The zero-order chi connectivity index (χ0) is 13.9. The maximum Gasteiger partial charge on any atom is 0.227 e. The number of benzene rings is 1. The second-order valence-corrected chi connectivity index (χ2v) is 5.15. The smallest absolute Gasteiger partial charge is 0.227 e. The summed E-state index contributed by atoms with van der Waals surface area (Å²) >= 11 is 5.69. The Morgan fingerprint density at radius 2 is 2.00 bits per heavy atom. The Morgan fingerprint density at radius 1 is 1.39 bits per heavy atom. The monoisotopic (exact) mass is 275 g/mol. The molecule has 0 aromatic heterocycles. The zero-order valence-electron chi connectivity index (χ0n) is 10.6. The Balaban J connectivity index is 2.79. The van der Waals surface area contributed by atoms with Gasteiger partial charge in [-0.25, -0.2) is 8.78 Å². The molecule has 1 aromatic carbocycles. The van der Waals surface area contributed by atoms with Crippen molar-refractivity contribution in [3.05, 3.63) is 35.4 Å². The maximum absolute atomic E-state index is 13.1. The summed E-state index contributed by atoms with van der Waals surface area (Å²) < 4.78 is 25.9. The van der Waals surface area contributed by atoms with Crippen molar-refractivity contribution < 1.29 is 13.6 Å². The third-order valence-electron chi connectivity index (χ3n) is 2.74. The van der Waals surface area contributed by atoms with Gasteiger partial charge in [-0.05, 0) is 38.5 Å². The van der Waals surface area contributed by atoms with Crippen molar-refractivity contribution in [1.29, 1.82) is 0 Å². The van der Waals surface area contributed by atoms with E-state index in [0.29, 0.717) is 5.56 Å². The first kappa shape index (κ1) is 14.9. The van der Waals surface area contributed by atoms with E-state index in [-0.39, 0.29) is 11.8 Å². The first-order valence-corrected chi connectivity index (χ1v) is 6.13. The van der Waals surface area contributed by atoms with Crippen LogP contribution in [-0.4, -0.2) is 11.8 Å². The predicted molar refractivity (Wildman–Crippen MR) is 67.4 cm³/mol. The van der Waals surface area contributed by atoms with Crippen LogP contribution >= 0.6 is 11.6 Å². The molecule has 0 heterocycles. The van der Waals surface area contributed by atoms with E-state index < -0.39 is 23.1 Å². The highest BCUT2D eigenvalue weighted by molar-refractivity contribution is 6.19. The minimum Gasteiger partial charge on any atom is -0.349 e. The normalized spacial score (nSPS) is 13.2. The zero-order valence-corrected chi connectivity index (χ0v) is 11.3. The van der Waals surface area contributed by atoms with Crippen molar-refractivity contribution in [2.45, 2.75) is 26.8 Å². The number of alkyl halides is 1. The molecule has 0 saturated carbocycles. The highest BCUT2D eigenvalue weighted by Crippen LogP contribution is 2.21. The van der Waals surface area contributed by atoms with E-state index in [4.69, 9.17) is 11.6 Å². The molecule has 2 nitrogen and oxygen atoms in total. The lowest BCUT2D eigenvalue weighted by Gasteiger charge is -2.24. The van der Waals surface area contributed by atoms with Gasteiger partial charge in [0.1, 0.15) is 0 Å². The summed E-state index contributed by atoms with van der Waals surface area (Å²) in [4.78, 5) is 11.9. The Labute approximate surface area is 110 Å². The molecule has 5 heteroatoms. The molecule has 1 unspecified atom stereocenters. The van der Waals surface area contributed by atoms with E-state index in [1.54, 1.807) is 20.8 Å². The first-order valence-electron chi connectivity index (χ1n) is 5.60. The summed E-state index contributed by atoms with van der Waals surface area (Å²) in [7, 11) is 0. The van der Waals surface area contributed by atoms with Gasteiger partial charge in [-0.1, -0.05) is 6.07 Å². The Kier molecular flexibility index (Phi) is 4.68. The number of hydrogen-bond acceptors (Lipinski definition) is 1. The third-order valence-corrected chi connectivity index (χ3v) is 3.41. The quantitative estimate of drug-likeness (QED) is 0.839. The Bertz CT molecular complexity index is 449. The summed E-state index contributed by atoms with van der Waals surface area (Å²) in [5, 5.41) is 2.72. The number of halogens is 3. The summed E-state index contributed by atoms with van der Waals surface area (Å²) in [6.07, 6.45) is 0. The van der Waals surface area contributed by atoms with Crippen molar-refractivity contribution in [3.8, 4) is 0 Å². The molecule has 0 radical (unpaired) electrons. The molecule has 0 aliphatic carbocycles. The maximum atomic E-state index is 13.1. The molecular formula is C13H16ClF2NO. The molecule has 18 heavy (non-hydrogen) atoms. The summed E-state index contributed by atoms with van der Waals surface area (Å²) in [5.74, 6) is -1.87. The number of hydrogen-bond donors (Lipinski definition) is 1. The molecule has 1 atom stereocenters. The lowest BCUT2D eigenvalue weighted by atomic mass is 9.94. The van der Waals surface area contributed by atoms with Gasteiger partial charge in [-0.15, -0.1) is 11.6 Å². The van der Waals surface area contributed by atoms with Crippen molar-refractivity contribution >= 4 is 17.5 Å². The van der Waals surface area contributed by atoms with E-state index in [2.05, 4.69) is 5.32 Å². The predicted octanol–water partition coefficient (Wildman–Crippen LogP) is 3.41. The fourth-order valence-electron chi connectivity index (χ4n) is 1.32. The third kappa shape index (κ3) is 3.42. The number of carbonyl (C=O) groups excluding carboxylic acids is 1. The van der Waals surface area contributed by atoms with Gasteiger partial charge in [-0.3, -0.25) is 4.79 Å². The molecule has 1 N–H and O–H groups in total. The molecule has 0 bridgehead atoms. The largest absolute Gasteiger partial charge is 0.349 e. The van der Waals surface area contributed by atoms with Gasteiger partial charge in [-0.2, -0.15) is 0 Å². The Morgan fingerprint density at radius 3 is 2.50 bits per heavy atom. The van der Waals surface area contributed by atoms with E-state index in [9.17, 15) is 13.6 Å². The molecule has 1 amide bonds. The lowest BCUT2D eigenvalue weighted by Crippen LogP contribution is -2.39. The SMILES string of the molecule is CC(NC(=O)C(C)(C)CCl)c1ccc(F)c(F)c1. The highest BCUT2D eigenvalue weighted by Gasteiger charge is 2.27. The minimum absolute atomic E-state index is 0.184. The van der Waals surface area contributed by atoms with E-state index in [1.165, 1.54) is 6.07 Å². The molecule has 0 saturated heterocycles. The van der Waals surface area contributed by atoms with Crippen molar-refractivity contribution in [2.24, 2.45) is 5.41 Å². The summed E-state index contributed by atoms with van der Waals surface area (Å²) in [6.45, 7) is 5.13. The van der Waals surface area contributed by atoms with Gasteiger partial charge < -0.3 is 5.32 Å². The van der Waals surface area contributed by atoms with Crippen molar-refractivity contribution in [1.82, 2.24) is 5.32 Å². The lowest BCUT2D eigenvalue weighted by molar-refractivity contribution is -0.129. The van der Waals surface area contributed by atoms with Crippen LogP contribution in [0.1, 0.15) is 32.4 Å². The number of amides is 1. The van der Waals surface area contributed by atoms with Gasteiger partial charge in [0, 0.05) is 5.88 Å². The van der Waals surface area contributed by atoms with Gasteiger partial charge in [0.2, 0.25) is 5.91 Å². The van der Waals surface area contributed by atoms with Crippen LogP contribution in [0.5, 0.6) is 0 Å². The minimum atomic E-state index is -0.926. The number of rotatable bonds is 4. The number of nitrogens with one attached hydrogen (secondary N) is 1. The van der Waals surface area contributed by atoms with Crippen LogP contribution in [0.15, 0.2) is 18.2 Å². The molecule has 0 fully saturated rings. The number of carbonyl (C=O) groups is 1. The standard InChI is InChI=1S/C13H16ClF2NO/c1-8(17-12(18)13(2,3)7-14)9-4-5-10(15)11(16)6-9/h4-6,8H,7H2,1-3H3,(H,17,18). The fourth-order valence-corrected chi connectivity index (χ4v) is 1.44. The van der Waals surface area contributed by atoms with Crippen LogP contribution in [0.2, 0.25) is 0 Å². The van der Waals surface area contributed by atoms with Gasteiger partial charge in [0.15, 0.2) is 11.6 Å². The van der Waals surface area contributed by atoms with E-state index in [1.807, 2.05) is 0 Å². The molecular weight excluding hydrogens is 260 g/mol. The van der Waals surface area contributed by atoms with Gasteiger partial charge in [0.25, 0.3) is 0 Å². The average molecular weight is 276 g/mol. The molecule has 0 spiro atoms. The van der Waals surface area contributed by atoms with Crippen LogP contribution in [0.3, 0.4) is 0 Å². The first-order chi connectivity index (χ1) is 8.27. The van der Waals surface area contributed by atoms with Crippen LogP contribution in [0, 0.1) is 17.0 Å². The van der Waals surface area contributed by atoms with Crippen LogP contribution in [0.4, 0.5) is 8.78 Å². The van der Waals surface area contributed by atoms with Crippen molar-refractivity contribution in [2.75, 3.05) is 5.88 Å². The van der Waals surface area contributed by atoms with Gasteiger partial charge in [0.05, 0.1) is 11.5 Å². The van der Waals surface area contributed by atoms with Crippen LogP contribution in [-0.2, 0) is 4.79 Å². The fraction of sp³-hybridized carbons (Fsp3) is 0.462. The topological polar surface area (TPSA) is 29.1 Å². The molecule has 100 valence electrons. The highest BCUT2D eigenvalue weighted by atomic mass is 35.5. The molecule has 1 aromatic rings. The summed E-state index contributed by atoms with van der Waals surface area (Å²) in [6, 6.07) is 3.15. The second kappa shape index (κ2) is 5.65. The van der Waals surface area contributed by atoms with E-state index in [0.717, 1.165) is 12.1 Å². The Hall–Kier alpha value is -1.16. The van der Waals surface area contributed by atoms with Crippen LogP contribution < -0.4 is 5.32 Å². The average Bonchev–Trinajstić information content (AvgIpc) is 2.32. The molecule has 0 aliphatic rings.